The van der Waals surface area contributed by atoms with Crippen molar-refractivity contribution >= 4 is 28.7 Å². The lowest BCUT2D eigenvalue weighted by atomic mass is 10.1. The topological polar surface area (TPSA) is 50.3 Å². The van der Waals surface area contributed by atoms with Crippen LogP contribution in [-0.4, -0.2) is 16.7 Å². The Kier molecular flexibility index (Phi) is 2.86. The Morgan fingerprint density at radius 1 is 1.25 bits per heavy atom. The zero-order chi connectivity index (χ0) is 14.4. The van der Waals surface area contributed by atoms with Gasteiger partial charge < -0.3 is 0 Å². The van der Waals surface area contributed by atoms with Crippen molar-refractivity contribution in [1.29, 1.82) is 0 Å². The number of benzene rings is 1. The highest BCUT2D eigenvalue weighted by atomic mass is 32.1. The Morgan fingerprint density at radius 2 is 1.95 bits per heavy atom. The molecule has 0 radical (unpaired) electrons. The minimum atomic E-state index is -1.02. The van der Waals surface area contributed by atoms with Crippen LogP contribution in [0.2, 0.25) is 0 Å². The number of carbonyl (C=O) groups excluding carboxylic acids is 2. The summed E-state index contributed by atoms with van der Waals surface area (Å²) in [5, 5.41) is 2.33. The lowest BCUT2D eigenvalue weighted by Gasteiger charge is -2.15. The first-order valence-corrected chi connectivity index (χ1v) is 6.62. The van der Waals surface area contributed by atoms with Crippen molar-refractivity contribution in [3.8, 4) is 0 Å². The van der Waals surface area contributed by atoms with Gasteiger partial charge in [0.15, 0.2) is 0 Å². The number of fused-ring (bicyclic) bond motifs is 1. The summed E-state index contributed by atoms with van der Waals surface area (Å²) in [5.74, 6) is -3.64. The second kappa shape index (κ2) is 4.45. The lowest BCUT2D eigenvalue weighted by Crippen LogP contribution is -2.29. The predicted molar refractivity (Wildman–Crippen MR) is 68.7 cm³/mol. The molecule has 20 heavy (non-hydrogen) atoms. The fourth-order valence-electron chi connectivity index (χ4n) is 2.11. The minimum absolute atomic E-state index is 0.0452. The first-order chi connectivity index (χ1) is 9.49. The number of rotatable bonds is 2. The van der Waals surface area contributed by atoms with Crippen LogP contribution in [-0.2, 0) is 11.3 Å². The van der Waals surface area contributed by atoms with Gasteiger partial charge in [-0.05, 0) is 19.1 Å². The number of Topliss-reactive ketones (excluding diaryl/α,β-unsaturated/α-hetero) is 1. The predicted octanol–water partition coefficient (Wildman–Crippen LogP) is 2.46. The number of hydrogen-bond acceptors (Lipinski definition) is 4. The van der Waals surface area contributed by atoms with Crippen LogP contribution in [0.25, 0.3) is 0 Å². The largest absolute Gasteiger partial charge is 0.300 e. The van der Waals surface area contributed by atoms with Gasteiger partial charge in [0.25, 0.3) is 11.7 Å². The number of aromatic nitrogens is 1. The van der Waals surface area contributed by atoms with Gasteiger partial charge in [0.1, 0.15) is 16.6 Å². The number of aryl methyl sites for hydroxylation is 1. The van der Waals surface area contributed by atoms with E-state index in [1.165, 1.54) is 11.3 Å². The second-order valence-corrected chi connectivity index (χ2v) is 5.30. The third-order valence-corrected chi connectivity index (χ3v) is 3.93. The summed E-state index contributed by atoms with van der Waals surface area (Å²) in [4.78, 5) is 28.8. The monoisotopic (exact) mass is 294 g/mol. The molecule has 0 aliphatic carbocycles. The Bertz CT molecular complexity index is 742. The summed E-state index contributed by atoms with van der Waals surface area (Å²) < 4.78 is 27.5. The normalized spacial score (nSPS) is 14.1. The maximum absolute atomic E-state index is 13.8. The van der Waals surface area contributed by atoms with E-state index in [1.54, 1.807) is 12.3 Å². The number of anilines is 1. The summed E-state index contributed by atoms with van der Waals surface area (Å²) in [6, 6.07) is 1.75. The van der Waals surface area contributed by atoms with Crippen molar-refractivity contribution in [1.82, 2.24) is 4.98 Å². The standard InChI is InChI=1S/C13H8F2N2O2S/c1-6-5-20-9(16-6)4-17-11-8(15)3-2-7(14)10(11)12(18)13(17)19/h2-3,5H,4H2,1H3. The lowest BCUT2D eigenvalue weighted by molar-refractivity contribution is -0.114. The molecule has 2 heterocycles. The fourth-order valence-corrected chi connectivity index (χ4v) is 2.87. The highest BCUT2D eigenvalue weighted by Crippen LogP contribution is 2.34. The van der Waals surface area contributed by atoms with Crippen molar-refractivity contribution in [3.63, 3.8) is 0 Å². The molecule has 0 saturated carbocycles. The highest BCUT2D eigenvalue weighted by molar-refractivity contribution is 7.09. The first-order valence-electron chi connectivity index (χ1n) is 5.74. The molecule has 1 amide bonds. The Hall–Kier alpha value is -2.15. The number of halogens is 2. The van der Waals surface area contributed by atoms with E-state index >= 15 is 0 Å². The quantitative estimate of drug-likeness (QED) is 0.799. The number of thiazole rings is 1. The van der Waals surface area contributed by atoms with Crippen molar-refractivity contribution in [2.45, 2.75) is 13.5 Å². The van der Waals surface area contributed by atoms with Gasteiger partial charge in [-0.2, -0.15) is 0 Å². The summed E-state index contributed by atoms with van der Waals surface area (Å²) in [6.45, 7) is 1.74. The highest BCUT2D eigenvalue weighted by Gasteiger charge is 2.40. The van der Waals surface area contributed by atoms with Gasteiger partial charge in [0, 0.05) is 11.1 Å². The average molecular weight is 294 g/mol. The Labute approximate surface area is 116 Å². The van der Waals surface area contributed by atoms with E-state index in [0.717, 1.165) is 22.7 Å². The molecule has 0 saturated heterocycles. The zero-order valence-electron chi connectivity index (χ0n) is 10.3. The van der Waals surface area contributed by atoms with Crippen LogP contribution >= 0.6 is 11.3 Å². The molecule has 0 N–H and O–H groups in total. The molecule has 0 spiro atoms. The van der Waals surface area contributed by atoms with Gasteiger partial charge in [0.2, 0.25) is 0 Å². The smallest absolute Gasteiger partial charge is 0.295 e. The van der Waals surface area contributed by atoms with Gasteiger partial charge >= 0.3 is 0 Å². The van der Waals surface area contributed by atoms with Crippen molar-refractivity contribution in [2.24, 2.45) is 0 Å². The van der Waals surface area contributed by atoms with E-state index in [4.69, 9.17) is 0 Å². The SMILES string of the molecule is Cc1csc(CN2C(=O)C(=O)c3c(F)ccc(F)c32)n1. The van der Waals surface area contributed by atoms with Gasteiger partial charge in [-0.15, -0.1) is 11.3 Å². The molecule has 0 fully saturated rings. The van der Waals surface area contributed by atoms with E-state index in [0.29, 0.717) is 5.01 Å². The number of nitrogens with zero attached hydrogens (tertiary/aromatic N) is 2. The molecule has 4 nitrogen and oxygen atoms in total. The fraction of sp³-hybridized carbons (Fsp3) is 0.154. The molecule has 0 bridgehead atoms. The van der Waals surface area contributed by atoms with Crippen LogP contribution in [0.5, 0.6) is 0 Å². The minimum Gasteiger partial charge on any atom is -0.295 e. The van der Waals surface area contributed by atoms with Crippen LogP contribution < -0.4 is 4.90 Å². The molecule has 2 aromatic rings. The van der Waals surface area contributed by atoms with Crippen molar-refractivity contribution in [2.75, 3.05) is 4.90 Å². The molecule has 3 rings (SSSR count). The average Bonchev–Trinajstić information content (AvgIpc) is 2.92. The molecule has 1 aromatic heterocycles. The van der Waals surface area contributed by atoms with Crippen LogP contribution in [0.1, 0.15) is 21.1 Å². The third-order valence-electron chi connectivity index (χ3n) is 2.97. The zero-order valence-corrected chi connectivity index (χ0v) is 11.1. The number of hydrogen-bond donors (Lipinski definition) is 0. The maximum atomic E-state index is 13.8. The van der Waals surface area contributed by atoms with Gasteiger partial charge in [0.05, 0.1) is 17.8 Å². The summed E-state index contributed by atoms with van der Waals surface area (Å²) in [5.41, 5.74) is -0.0287. The molecular formula is C13H8F2N2O2S. The number of amides is 1. The van der Waals surface area contributed by atoms with E-state index in [-0.39, 0.29) is 12.2 Å². The van der Waals surface area contributed by atoms with E-state index in [2.05, 4.69) is 4.98 Å². The second-order valence-electron chi connectivity index (χ2n) is 4.36. The van der Waals surface area contributed by atoms with Gasteiger partial charge in [-0.3, -0.25) is 14.5 Å². The van der Waals surface area contributed by atoms with Crippen LogP contribution in [0.4, 0.5) is 14.5 Å². The number of carbonyl (C=O) groups is 2. The third kappa shape index (κ3) is 1.82. The summed E-state index contributed by atoms with van der Waals surface area (Å²) in [6.07, 6.45) is 0. The Balaban J connectivity index is 2.08. The molecule has 102 valence electrons. The molecule has 0 unspecified atom stereocenters. The molecule has 1 aliphatic rings. The van der Waals surface area contributed by atoms with E-state index in [1.807, 2.05) is 0 Å². The molecule has 1 aromatic carbocycles. The van der Waals surface area contributed by atoms with Gasteiger partial charge in [-0.25, -0.2) is 13.8 Å². The van der Waals surface area contributed by atoms with E-state index < -0.39 is 28.9 Å². The van der Waals surface area contributed by atoms with Gasteiger partial charge in [-0.1, -0.05) is 0 Å². The van der Waals surface area contributed by atoms with Crippen LogP contribution in [0, 0.1) is 18.6 Å². The molecule has 1 aliphatic heterocycles. The van der Waals surface area contributed by atoms with Crippen LogP contribution in [0.15, 0.2) is 17.5 Å². The molecule has 7 heteroatoms. The summed E-state index contributed by atoms with van der Waals surface area (Å²) >= 11 is 1.29. The van der Waals surface area contributed by atoms with Crippen molar-refractivity contribution < 1.29 is 18.4 Å². The molecule has 0 atom stereocenters. The molecular weight excluding hydrogens is 286 g/mol. The van der Waals surface area contributed by atoms with Crippen molar-refractivity contribution in [3.05, 3.63) is 45.4 Å². The number of ketones is 1. The first kappa shape index (κ1) is 12.9. The summed E-state index contributed by atoms with van der Waals surface area (Å²) in [7, 11) is 0. The van der Waals surface area contributed by atoms with Crippen LogP contribution in [0.3, 0.4) is 0 Å². The van der Waals surface area contributed by atoms with E-state index in [9.17, 15) is 18.4 Å². The maximum Gasteiger partial charge on any atom is 0.300 e. The Morgan fingerprint density at radius 3 is 2.60 bits per heavy atom.